The molecule has 0 aromatic carbocycles. The van der Waals surface area contributed by atoms with Crippen molar-refractivity contribution in [1.29, 1.82) is 0 Å². The quantitative estimate of drug-likeness (QED) is 0.514. The zero-order valence-electron chi connectivity index (χ0n) is 5.00. The Morgan fingerprint density at radius 3 is 2.78 bits per heavy atom. The second-order valence-electron chi connectivity index (χ2n) is 1.70. The van der Waals surface area contributed by atoms with Crippen molar-refractivity contribution in [3.8, 4) is 5.75 Å². The molecule has 1 aromatic rings. The summed E-state index contributed by atoms with van der Waals surface area (Å²) in [5, 5.41) is 8.86. The predicted octanol–water partition coefficient (Wildman–Crippen LogP) is 0.0728. The van der Waals surface area contributed by atoms with E-state index in [9.17, 15) is 0 Å². The molecule has 1 rings (SSSR count). The van der Waals surface area contributed by atoms with Crippen LogP contribution in [-0.2, 0) is 0 Å². The Morgan fingerprint density at radius 2 is 2.33 bits per heavy atom. The molecule has 3 N–H and O–H groups in total. The lowest BCUT2D eigenvalue weighted by molar-refractivity contribution is 0.465. The van der Waals surface area contributed by atoms with E-state index in [1.807, 2.05) is 0 Å². The standard InChI is InChI=1S/C5H7N3O/c1-3-4(9)2-7-5(6)8-3/h2,9H,1H3,(H2,6,7,8). The van der Waals surface area contributed by atoms with E-state index in [2.05, 4.69) is 9.97 Å². The van der Waals surface area contributed by atoms with Crippen molar-refractivity contribution in [1.82, 2.24) is 9.97 Å². The van der Waals surface area contributed by atoms with Gasteiger partial charge >= 0.3 is 0 Å². The first kappa shape index (κ1) is 5.81. The molecular formula is C5H7N3O. The van der Waals surface area contributed by atoms with E-state index in [1.54, 1.807) is 6.92 Å². The van der Waals surface area contributed by atoms with Gasteiger partial charge in [0, 0.05) is 0 Å². The lowest BCUT2D eigenvalue weighted by Gasteiger charge is -1.95. The third-order valence-electron chi connectivity index (χ3n) is 0.972. The molecule has 0 saturated heterocycles. The highest BCUT2D eigenvalue weighted by molar-refractivity contribution is 5.27. The second-order valence-corrected chi connectivity index (χ2v) is 1.70. The predicted molar refractivity (Wildman–Crippen MR) is 32.8 cm³/mol. The summed E-state index contributed by atoms with van der Waals surface area (Å²) < 4.78 is 0. The highest BCUT2D eigenvalue weighted by Gasteiger charge is 1.95. The molecule has 0 aliphatic carbocycles. The Hall–Kier alpha value is -1.32. The third kappa shape index (κ3) is 1.07. The highest BCUT2D eigenvalue weighted by Crippen LogP contribution is 2.10. The maximum atomic E-state index is 8.86. The fourth-order valence-electron chi connectivity index (χ4n) is 0.479. The summed E-state index contributed by atoms with van der Waals surface area (Å²) in [5.74, 6) is 0.259. The van der Waals surface area contributed by atoms with E-state index >= 15 is 0 Å². The molecule has 0 spiro atoms. The second kappa shape index (κ2) is 1.89. The number of hydrogen-bond acceptors (Lipinski definition) is 4. The van der Waals surface area contributed by atoms with Crippen LogP contribution in [0.1, 0.15) is 5.69 Å². The molecule has 4 nitrogen and oxygen atoms in total. The lowest BCUT2D eigenvalue weighted by Crippen LogP contribution is -1.94. The van der Waals surface area contributed by atoms with Crippen LogP contribution < -0.4 is 5.73 Å². The lowest BCUT2D eigenvalue weighted by atomic mass is 10.4. The summed E-state index contributed by atoms with van der Waals surface area (Å²) in [5.41, 5.74) is 5.70. The molecule has 1 aromatic heterocycles. The van der Waals surface area contributed by atoms with Crippen molar-refractivity contribution >= 4 is 5.95 Å². The Labute approximate surface area is 52.4 Å². The molecule has 0 saturated carbocycles. The molecule has 0 aliphatic heterocycles. The minimum absolute atomic E-state index is 0.0733. The van der Waals surface area contributed by atoms with E-state index in [4.69, 9.17) is 10.8 Å². The number of aromatic hydroxyl groups is 1. The van der Waals surface area contributed by atoms with E-state index in [1.165, 1.54) is 6.20 Å². The van der Waals surface area contributed by atoms with E-state index in [-0.39, 0.29) is 11.7 Å². The van der Waals surface area contributed by atoms with Crippen LogP contribution in [-0.4, -0.2) is 15.1 Å². The van der Waals surface area contributed by atoms with Gasteiger partial charge in [-0.1, -0.05) is 0 Å². The van der Waals surface area contributed by atoms with Crippen molar-refractivity contribution in [2.45, 2.75) is 6.92 Å². The van der Waals surface area contributed by atoms with E-state index < -0.39 is 0 Å². The first-order valence-corrected chi connectivity index (χ1v) is 2.48. The van der Waals surface area contributed by atoms with Gasteiger partial charge in [-0.05, 0) is 6.92 Å². The van der Waals surface area contributed by atoms with Gasteiger partial charge in [0.25, 0.3) is 0 Å². The highest BCUT2D eigenvalue weighted by atomic mass is 16.3. The van der Waals surface area contributed by atoms with E-state index in [0.717, 1.165) is 0 Å². The third-order valence-corrected chi connectivity index (χ3v) is 0.972. The van der Waals surface area contributed by atoms with Gasteiger partial charge in [0.05, 0.1) is 11.9 Å². The van der Waals surface area contributed by atoms with Gasteiger partial charge in [-0.25, -0.2) is 9.97 Å². The Morgan fingerprint density at radius 1 is 1.67 bits per heavy atom. The summed E-state index contributed by atoms with van der Waals surface area (Å²) in [6.45, 7) is 1.66. The number of aromatic nitrogens is 2. The van der Waals surface area contributed by atoms with Gasteiger partial charge < -0.3 is 10.8 Å². The van der Waals surface area contributed by atoms with Crippen molar-refractivity contribution in [3.05, 3.63) is 11.9 Å². The zero-order chi connectivity index (χ0) is 6.85. The minimum Gasteiger partial charge on any atom is -0.504 e. The fourth-order valence-corrected chi connectivity index (χ4v) is 0.479. The number of nitrogens with zero attached hydrogens (tertiary/aromatic N) is 2. The first-order valence-electron chi connectivity index (χ1n) is 2.48. The molecule has 0 amide bonds. The van der Waals surface area contributed by atoms with E-state index in [0.29, 0.717) is 5.69 Å². The van der Waals surface area contributed by atoms with Crippen molar-refractivity contribution in [2.75, 3.05) is 5.73 Å². The normalized spacial score (nSPS) is 9.44. The summed E-state index contributed by atoms with van der Waals surface area (Å²) in [4.78, 5) is 7.25. The van der Waals surface area contributed by atoms with Crippen LogP contribution >= 0.6 is 0 Å². The monoisotopic (exact) mass is 125 g/mol. The number of aryl methyl sites for hydroxylation is 1. The van der Waals surface area contributed by atoms with Gasteiger partial charge in [0.2, 0.25) is 5.95 Å². The van der Waals surface area contributed by atoms with Gasteiger partial charge in [0.15, 0.2) is 5.75 Å². The molecule has 0 unspecified atom stereocenters. The molecule has 0 fully saturated rings. The summed E-state index contributed by atoms with van der Waals surface area (Å²) >= 11 is 0. The number of rotatable bonds is 0. The van der Waals surface area contributed by atoms with Gasteiger partial charge in [0.1, 0.15) is 0 Å². The van der Waals surface area contributed by atoms with Crippen molar-refractivity contribution in [3.63, 3.8) is 0 Å². The van der Waals surface area contributed by atoms with Gasteiger partial charge in [-0.3, -0.25) is 0 Å². The summed E-state index contributed by atoms with van der Waals surface area (Å²) in [6.07, 6.45) is 1.28. The van der Waals surface area contributed by atoms with Crippen molar-refractivity contribution in [2.24, 2.45) is 0 Å². The number of nitrogens with two attached hydrogens (primary N) is 1. The molecular weight excluding hydrogens is 118 g/mol. The molecule has 0 bridgehead atoms. The number of nitrogen functional groups attached to an aromatic ring is 1. The minimum atomic E-state index is 0.0733. The Bertz CT molecular complexity index is 223. The Balaban J connectivity index is 3.17. The molecule has 0 aliphatic rings. The average Bonchev–Trinajstić information content (AvgIpc) is 1.80. The van der Waals surface area contributed by atoms with Gasteiger partial charge in [-0.15, -0.1) is 0 Å². The topological polar surface area (TPSA) is 72.0 Å². The van der Waals surface area contributed by atoms with Crippen LogP contribution in [0.2, 0.25) is 0 Å². The SMILES string of the molecule is Cc1nc(N)ncc1O. The fraction of sp³-hybridized carbons (Fsp3) is 0.200. The molecule has 1 heterocycles. The molecule has 4 heteroatoms. The van der Waals surface area contributed by atoms with Crippen LogP contribution in [0.5, 0.6) is 5.75 Å². The summed E-state index contributed by atoms with van der Waals surface area (Å²) in [6, 6.07) is 0. The van der Waals surface area contributed by atoms with Crippen LogP contribution in [0, 0.1) is 6.92 Å². The first-order chi connectivity index (χ1) is 4.20. The summed E-state index contributed by atoms with van der Waals surface area (Å²) in [7, 11) is 0. The average molecular weight is 125 g/mol. The van der Waals surface area contributed by atoms with Gasteiger partial charge in [-0.2, -0.15) is 0 Å². The van der Waals surface area contributed by atoms with Crippen LogP contribution in [0.25, 0.3) is 0 Å². The smallest absolute Gasteiger partial charge is 0.220 e. The molecule has 0 radical (unpaired) electrons. The van der Waals surface area contributed by atoms with Crippen LogP contribution in [0.4, 0.5) is 5.95 Å². The van der Waals surface area contributed by atoms with Crippen LogP contribution in [0.15, 0.2) is 6.20 Å². The maximum Gasteiger partial charge on any atom is 0.220 e. The molecule has 9 heavy (non-hydrogen) atoms. The maximum absolute atomic E-state index is 8.86. The molecule has 0 atom stereocenters. The largest absolute Gasteiger partial charge is 0.504 e. The zero-order valence-corrected chi connectivity index (χ0v) is 5.00. The van der Waals surface area contributed by atoms with Crippen molar-refractivity contribution < 1.29 is 5.11 Å². The number of hydrogen-bond donors (Lipinski definition) is 2. The number of anilines is 1. The molecule has 48 valence electrons. The van der Waals surface area contributed by atoms with Crippen LogP contribution in [0.3, 0.4) is 0 Å². The Kier molecular flexibility index (Phi) is 1.22.